The van der Waals surface area contributed by atoms with Crippen molar-refractivity contribution < 1.29 is 9.90 Å². The van der Waals surface area contributed by atoms with Crippen molar-refractivity contribution in [3.05, 3.63) is 31.5 Å². The van der Waals surface area contributed by atoms with E-state index in [1.165, 1.54) is 6.20 Å². The van der Waals surface area contributed by atoms with Gasteiger partial charge in [-0.25, -0.2) is 9.36 Å². The molecule has 0 aliphatic heterocycles. The summed E-state index contributed by atoms with van der Waals surface area (Å²) < 4.78 is 0.709. The Kier molecular flexibility index (Phi) is 2.66. The number of carboxylic acid groups (broad SMARTS) is 1. The Balaban J connectivity index is 3.35. The molecule has 0 bridgehead atoms. The maximum atomic E-state index is 11.2. The Morgan fingerprint density at radius 1 is 1.62 bits per heavy atom. The molecule has 0 aliphatic carbocycles. The van der Waals surface area contributed by atoms with E-state index in [9.17, 15) is 14.4 Å². The maximum absolute atomic E-state index is 11.2. The molecule has 0 fully saturated rings. The maximum Gasteiger partial charge on any atom is 0.328 e. The summed E-state index contributed by atoms with van der Waals surface area (Å²) in [5.74, 6) is -1.24. The van der Waals surface area contributed by atoms with Crippen LogP contribution >= 0.6 is 15.9 Å². The molecule has 0 saturated heterocycles. The summed E-state index contributed by atoms with van der Waals surface area (Å²) in [6, 6.07) is 0. The van der Waals surface area contributed by atoms with Gasteiger partial charge in [-0.1, -0.05) is 0 Å². The lowest BCUT2D eigenvalue weighted by Gasteiger charge is -1.99. The van der Waals surface area contributed by atoms with Crippen molar-refractivity contribution >= 4 is 21.9 Å². The lowest BCUT2D eigenvalue weighted by molar-refractivity contribution is -0.137. The minimum Gasteiger partial charge on any atom is -0.480 e. The van der Waals surface area contributed by atoms with E-state index in [1.54, 1.807) is 0 Å². The molecular formula is C6H5BrN2O4. The molecule has 1 heterocycles. The summed E-state index contributed by atoms with van der Waals surface area (Å²) in [7, 11) is 0. The average Bonchev–Trinajstić information content (AvgIpc) is 2.05. The van der Waals surface area contributed by atoms with Gasteiger partial charge in [-0.3, -0.25) is 9.59 Å². The van der Waals surface area contributed by atoms with Crippen molar-refractivity contribution in [2.75, 3.05) is 0 Å². The predicted molar refractivity (Wildman–Crippen MR) is 46.7 cm³/mol. The molecule has 0 spiro atoms. The summed E-state index contributed by atoms with van der Waals surface area (Å²) in [6.45, 7) is -0.645. The summed E-state index contributed by atoms with van der Waals surface area (Å²) in [6.07, 6.45) is 1.17. The van der Waals surface area contributed by atoms with Gasteiger partial charge in [0.1, 0.15) is 6.54 Å². The summed E-state index contributed by atoms with van der Waals surface area (Å²) in [4.78, 5) is 34.6. The molecule has 0 saturated carbocycles. The lowest BCUT2D eigenvalue weighted by atomic mass is 10.5. The molecule has 0 radical (unpaired) electrons. The number of rotatable bonds is 2. The van der Waals surface area contributed by atoms with Crippen LogP contribution in [0.4, 0.5) is 0 Å². The van der Waals surface area contributed by atoms with Crippen LogP contribution in [-0.4, -0.2) is 20.6 Å². The number of aliphatic carboxylic acids is 1. The van der Waals surface area contributed by atoms with Gasteiger partial charge in [0.15, 0.2) is 0 Å². The van der Waals surface area contributed by atoms with Crippen LogP contribution in [0.5, 0.6) is 0 Å². The number of hydrogen-bond acceptors (Lipinski definition) is 3. The number of H-pyrrole nitrogens is 1. The number of hydrogen-bond donors (Lipinski definition) is 2. The third-order valence-electron chi connectivity index (χ3n) is 1.31. The molecular weight excluding hydrogens is 244 g/mol. The summed E-state index contributed by atoms with van der Waals surface area (Å²) >= 11 is 2.87. The molecule has 7 heteroatoms. The molecule has 0 aliphatic rings. The average molecular weight is 249 g/mol. The highest BCUT2D eigenvalue weighted by Gasteiger charge is 2.07. The molecule has 0 atom stereocenters. The third-order valence-corrected chi connectivity index (χ3v) is 1.88. The molecule has 6 nitrogen and oxygen atoms in total. The first-order chi connectivity index (χ1) is 6.02. The Bertz CT molecular complexity index is 447. The Hall–Kier alpha value is -1.37. The van der Waals surface area contributed by atoms with Crippen LogP contribution in [0, 0.1) is 0 Å². The van der Waals surface area contributed by atoms with Crippen LogP contribution < -0.4 is 11.2 Å². The number of carboxylic acids is 1. The molecule has 1 aromatic heterocycles. The van der Waals surface area contributed by atoms with Crippen LogP contribution in [0.15, 0.2) is 20.3 Å². The molecule has 13 heavy (non-hydrogen) atoms. The first kappa shape index (κ1) is 9.72. The van der Waals surface area contributed by atoms with Crippen molar-refractivity contribution in [1.29, 1.82) is 0 Å². The fourth-order valence-corrected chi connectivity index (χ4v) is 1.09. The normalized spacial score (nSPS) is 9.92. The van der Waals surface area contributed by atoms with Crippen molar-refractivity contribution in [2.24, 2.45) is 0 Å². The molecule has 70 valence electrons. The lowest BCUT2D eigenvalue weighted by Crippen LogP contribution is -2.37. The van der Waals surface area contributed by atoms with Crippen LogP contribution in [-0.2, 0) is 11.3 Å². The monoisotopic (exact) mass is 248 g/mol. The fourth-order valence-electron chi connectivity index (χ4n) is 0.765. The van der Waals surface area contributed by atoms with Gasteiger partial charge < -0.3 is 10.1 Å². The van der Waals surface area contributed by atoms with Gasteiger partial charge in [0.25, 0.3) is 5.56 Å². The Morgan fingerprint density at radius 3 is 2.77 bits per heavy atom. The predicted octanol–water partition coefficient (Wildman–Crippen LogP) is -0.616. The highest BCUT2D eigenvalue weighted by atomic mass is 79.9. The van der Waals surface area contributed by atoms with E-state index in [-0.39, 0.29) is 4.47 Å². The number of halogens is 1. The van der Waals surface area contributed by atoms with E-state index in [1.807, 2.05) is 0 Å². The SMILES string of the molecule is O=C(O)Cn1c(=O)[nH]cc(Br)c1=O. The first-order valence-corrected chi connectivity index (χ1v) is 4.01. The number of carbonyl (C=O) groups is 1. The number of aromatic amines is 1. The summed E-state index contributed by atoms with van der Waals surface area (Å²) in [5, 5.41) is 8.38. The molecule has 1 aromatic rings. The second-order valence-corrected chi connectivity index (χ2v) is 3.08. The van der Waals surface area contributed by atoms with E-state index in [4.69, 9.17) is 5.11 Å². The van der Waals surface area contributed by atoms with Crippen molar-refractivity contribution in [2.45, 2.75) is 6.54 Å². The van der Waals surface area contributed by atoms with Crippen molar-refractivity contribution in [3.63, 3.8) is 0 Å². The smallest absolute Gasteiger partial charge is 0.328 e. The van der Waals surface area contributed by atoms with Gasteiger partial charge >= 0.3 is 11.7 Å². The Morgan fingerprint density at radius 2 is 2.23 bits per heavy atom. The van der Waals surface area contributed by atoms with Crippen LogP contribution in [0.3, 0.4) is 0 Å². The second-order valence-electron chi connectivity index (χ2n) is 2.23. The number of aromatic nitrogens is 2. The summed E-state index contributed by atoms with van der Waals surface area (Å²) in [5.41, 5.74) is -1.40. The number of nitrogens with one attached hydrogen (secondary N) is 1. The highest BCUT2D eigenvalue weighted by molar-refractivity contribution is 9.10. The minimum atomic E-state index is -1.24. The van der Waals surface area contributed by atoms with Gasteiger partial charge in [-0.05, 0) is 15.9 Å². The second kappa shape index (κ2) is 3.56. The number of nitrogens with zero attached hydrogens (tertiary/aromatic N) is 1. The molecule has 2 N–H and O–H groups in total. The zero-order valence-corrected chi connectivity index (χ0v) is 7.87. The molecule has 0 amide bonds. The molecule has 0 unspecified atom stereocenters. The van der Waals surface area contributed by atoms with Crippen molar-refractivity contribution in [3.8, 4) is 0 Å². The van der Waals surface area contributed by atoms with Crippen molar-refractivity contribution in [1.82, 2.24) is 9.55 Å². The topological polar surface area (TPSA) is 92.2 Å². The highest BCUT2D eigenvalue weighted by Crippen LogP contribution is 1.95. The van der Waals surface area contributed by atoms with E-state index in [0.717, 1.165) is 0 Å². The zero-order valence-electron chi connectivity index (χ0n) is 6.28. The van der Waals surface area contributed by atoms with Crippen LogP contribution in [0.1, 0.15) is 0 Å². The van der Waals surface area contributed by atoms with Gasteiger partial charge in [0, 0.05) is 6.20 Å². The molecule has 0 aromatic carbocycles. The minimum absolute atomic E-state index is 0.119. The Labute approximate surface area is 80.0 Å². The van der Waals surface area contributed by atoms with E-state index in [2.05, 4.69) is 20.9 Å². The van der Waals surface area contributed by atoms with Crippen LogP contribution in [0.2, 0.25) is 0 Å². The zero-order chi connectivity index (χ0) is 10.0. The van der Waals surface area contributed by atoms with Gasteiger partial charge in [-0.2, -0.15) is 0 Å². The van der Waals surface area contributed by atoms with Crippen LogP contribution in [0.25, 0.3) is 0 Å². The fraction of sp³-hybridized carbons (Fsp3) is 0.167. The molecule has 1 rings (SSSR count). The van der Waals surface area contributed by atoms with E-state index >= 15 is 0 Å². The van der Waals surface area contributed by atoms with Gasteiger partial charge in [-0.15, -0.1) is 0 Å². The van der Waals surface area contributed by atoms with Gasteiger partial charge in [0.2, 0.25) is 0 Å². The standard InChI is InChI=1S/C6H5BrN2O4/c7-3-1-8-6(13)9(5(3)12)2-4(10)11/h1H,2H2,(H,8,13)(H,10,11). The largest absolute Gasteiger partial charge is 0.480 e. The van der Waals surface area contributed by atoms with Gasteiger partial charge in [0.05, 0.1) is 4.47 Å². The quantitative estimate of drug-likeness (QED) is 0.730. The first-order valence-electron chi connectivity index (χ1n) is 3.22. The van der Waals surface area contributed by atoms with E-state index in [0.29, 0.717) is 4.57 Å². The van der Waals surface area contributed by atoms with E-state index < -0.39 is 23.8 Å². The third kappa shape index (κ3) is 2.05.